The van der Waals surface area contributed by atoms with E-state index in [9.17, 15) is 4.79 Å². The summed E-state index contributed by atoms with van der Waals surface area (Å²) in [4.78, 5) is 11.9. The highest BCUT2D eigenvalue weighted by atomic mass is 16.1. The average Bonchev–Trinajstić information content (AvgIpc) is 2.67. The third kappa shape index (κ3) is 2.36. The molecule has 78 valence electrons. The monoisotopic (exact) mass is 193 g/mol. The van der Waals surface area contributed by atoms with Crippen molar-refractivity contribution in [2.24, 2.45) is 11.1 Å². The van der Waals surface area contributed by atoms with E-state index in [1.807, 2.05) is 0 Å². The van der Waals surface area contributed by atoms with Gasteiger partial charge in [0.2, 0.25) is 0 Å². The van der Waals surface area contributed by atoms with E-state index in [1.165, 1.54) is 0 Å². The third-order valence-corrected chi connectivity index (χ3v) is 3.27. The molecule has 0 amide bonds. The lowest BCUT2D eigenvalue weighted by atomic mass is 9.80. The van der Waals surface area contributed by atoms with Crippen LogP contribution in [-0.4, -0.2) is 12.3 Å². The van der Waals surface area contributed by atoms with Crippen molar-refractivity contribution >= 4 is 5.78 Å². The molecule has 0 aromatic carbocycles. The highest BCUT2D eigenvalue weighted by Crippen LogP contribution is 2.39. The molecule has 0 spiro atoms. The minimum atomic E-state index is -0.186. The summed E-state index contributed by atoms with van der Waals surface area (Å²) < 4.78 is 0. The summed E-state index contributed by atoms with van der Waals surface area (Å²) in [5, 5.41) is 0. The summed E-state index contributed by atoms with van der Waals surface area (Å²) in [6, 6.07) is 0. The lowest BCUT2D eigenvalue weighted by Crippen LogP contribution is -2.35. The van der Waals surface area contributed by atoms with Crippen LogP contribution in [0.3, 0.4) is 0 Å². The third-order valence-electron chi connectivity index (χ3n) is 3.27. The molecule has 1 rings (SSSR count). The molecular formula is C12H19NO. The first-order chi connectivity index (χ1) is 6.75. The maximum absolute atomic E-state index is 11.9. The van der Waals surface area contributed by atoms with Crippen molar-refractivity contribution in [3.8, 4) is 12.3 Å². The Kier molecular flexibility index (Phi) is 4.16. The van der Waals surface area contributed by atoms with Crippen LogP contribution in [0.25, 0.3) is 0 Å². The van der Waals surface area contributed by atoms with Gasteiger partial charge in [-0.2, -0.15) is 0 Å². The zero-order valence-corrected chi connectivity index (χ0v) is 8.72. The summed E-state index contributed by atoms with van der Waals surface area (Å²) in [5.41, 5.74) is 5.53. The van der Waals surface area contributed by atoms with Crippen LogP contribution in [0.5, 0.6) is 0 Å². The quantitative estimate of drug-likeness (QED) is 0.535. The molecule has 0 aromatic heterocycles. The number of carbonyl (C=O) groups is 1. The smallest absolute Gasteiger partial charge is 0.140 e. The minimum absolute atomic E-state index is 0.186. The summed E-state index contributed by atoms with van der Waals surface area (Å²) in [6.07, 6.45) is 11.5. The number of hydrogen-bond acceptors (Lipinski definition) is 2. The summed E-state index contributed by atoms with van der Waals surface area (Å²) in [7, 11) is 0. The van der Waals surface area contributed by atoms with E-state index in [0.717, 1.165) is 32.1 Å². The number of unbranched alkanes of at least 4 members (excludes halogenated alkanes) is 1. The number of Topliss-reactive ketones (excluding diaryl/α,β-unsaturated/α-hetero) is 1. The second-order valence-electron chi connectivity index (χ2n) is 4.17. The molecule has 1 saturated carbocycles. The normalized spacial score (nSPS) is 19.1. The Morgan fingerprint density at radius 3 is 2.57 bits per heavy atom. The van der Waals surface area contributed by atoms with E-state index in [2.05, 4.69) is 5.92 Å². The Labute approximate surface area is 86.2 Å². The molecule has 0 radical (unpaired) electrons. The highest BCUT2D eigenvalue weighted by Gasteiger charge is 2.38. The lowest BCUT2D eigenvalue weighted by molar-refractivity contribution is -0.128. The number of hydrogen-bond donors (Lipinski definition) is 1. The van der Waals surface area contributed by atoms with Gasteiger partial charge in [0.1, 0.15) is 5.78 Å². The van der Waals surface area contributed by atoms with Crippen LogP contribution in [0.4, 0.5) is 0 Å². The van der Waals surface area contributed by atoms with E-state index in [-0.39, 0.29) is 5.41 Å². The van der Waals surface area contributed by atoms with E-state index in [4.69, 9.17) is 12.2 Å². The van der Waals surface area contributed by atoms with Gasteiger partial charge in [-0.05, 0) is 19.3 Å². The SMILES string of the molecule is C#CCCCC(=O)C1(CN)CCCC1. The molecule has 14 heavy (non-hydrogen) atoms. The lowest BCUT2D eigenvalue weighted by Gasteiger charge is -2.25. The second-order valence-corrected chi connectivity index (χ2v) is 4.17. The number of ketones is 1. The van der Waals surface area contributed by atoms with Crippen molar-refractivity contribution in [1.82, 2.24) is 0 Å². The molecule has 1 fully saturated rings. The Bertz CT molecular complexity index is 233. The standard InChI is InChI=1S/C12H19NO/c1-2-3-4-7-11(14)12(10-13)8-5-6-9-12/h1H,3-10,13H2. The van der Waals surface area contributed by atoms with Crippen molar-refractivity contribution < 1.29 is 4.79 Å². The molecule has 0 unspecified atom stereocenters. The van der Waals surface area contributed by atoms with Crippen LogP contribution in [0.15, 0.2) is 0 Å². The van der Waals surface area contributed by atoms with Gasteiger partial charge < -0.3 is 5.73 Å². The Hall–Kier alpha value is -0.810. The van der Waals surface area contributed by atoms with Gasteiger partial charge in [-0.25, -0.2) is 0 Å². The van der Waals surface area contributed by atoms with Crippen molar-refractivity contribution in [1.29, 1.82) is 0 Å². The number of rotatable bonds is 5. The van der Waals surface area contributed by atoms with Crippen LogP contribution < -0.4 is 5.73 Å². The van der Waals surface area contributed by atoms with E-state index in [0.29, 0.717) is 25.2 Å². The van der Waals surface area contributed by atoms with Crippen molar-refractivity contribution in [2.75, 3.05) is 6.54 Å². The predicted octanol–water partition coefficient (Wildman–Crippen LogP) is 1.88. The Morgan fingerprint density at radius 2 is 2.07 bits per heavy atom. The van der Waals surface area contributed by atoms with Crippen molar-refractivity contribution in [3.05, 3.63) is 0 Å². The van der Waals surface area contributed by atoms with Crippen molar-refractivity contribution in [3.63, 3.8) is 0 Å². The van der Waals surface area contributed by atoms with Gasteiger partial charge in [0.25, 0.3) is 0 Å². The van der Waals surface area contributed by atoms with Gasteiger partial charge in [0.05, 0.1) is 0 Å². The Morgan fingerprint density at radius 1 is 1.43 bits per heavy atom. The fourth-order valence-corrected chi connectivity index (χ4v) is 2.26. The van der Waals surface area contributed by atoms with E-state index >= 15 is 0 Å². The maximum atomic E-state index is 11.9. The van der Waals surface area contributed by atoms with Crippen LogP contribution in [0, 0.1) is 17.8 Å². The topological polar surface area (TPSA) is 43.1 Å². The zero-order valence-electron chi connectivity index (χ0n) is 8.72. The number of nitrogens with two attached hydrogens (primary N) is 1. The molecule has 0 aromatic rings. The summed E-state index contributed by atoms with van der Waals surface area (Å²) in [5.74, 6) is 2.90. The highest BCUT2D eigenvalue weighted by molar-refractivity contribution is 5.85. The molecule has 1 aliphatic rings. The first-order valence-electron chi connectivity index (χ1n) is 5.42. The van der Waals surface area contributed by atoms with E-state index in [1.54, 1.807) is 0 Å². The van der Waals surface area contributed by atoms with Gasteiger partial charge in [0.15, 0.2) is 0 Å². The summed E-state index contributed by atoms with van der Waals surface area (Å²) >= 11 is 0. The molecule has 2 nitrogen and oxygen atoms in total. The molecular weight excluding hydrogens is 174 g/mol. The van der Waals surface area contributed by atoms with Crippen LogP contribution in [0.1, 0.15) is 44.9 Å². The number of carbonyl (C=O) groups excluding carboxylic acids is 1. The average molecular weight is 193 g/mol. The molecule has 1 aliphatic carbocycles. The number of terminal acetylenes is 1. The first-order valence-corrected chi connectivity index (χ1v) is 5.42. The molecule has 0 atom stereocenters. The van der Waals surface area contributed by atoms with Gasteiger partial charge in [-0.15, -0.1) is 12.3 Å². The first kappa shape index (κ1) is 11.3. The minimum Gasteiger partial charge on any atom is -0.329 e. The summed E-state index contributed by atoms with van der Waals surface area (Å²) in [6.45, 7) is 0.516. The fraction of sp³-hybridized carbons (Fsp3) is 0.750. The van der Waals surface area contributed by atoms with Gasteiger partial charge >= 0.3 is 0 Å². The van der Waals surface area contributed by atoms with Crippen molar-refractivity contribution in [2.45, 2.75) is 44.9 Å². The largest absolute Gasteiger partial charge is 0.329 e. The Balaban J connectivity index is 2.44. The molecule has 0 bridgehead atoms. The van der Waals surface area contributed by atoms with Crippen LogP contribution in [-0.2, 0) is 4.79 Å². The molecule has 0 aliphatic heterocycles. The fourth-order valence-electron chi connectivity index (χ4n) is 2.26. The second kappa shape index (κ2) is 5.17. The maximum Gasteiger partial charge on any atom is 0.140 e. The zero-order chi connectivity index (χ0) is 10.4. The van der Waals surface area contributed by atoms with Gasteiger partial charge in [-0.3, -0.25) is 4.79 Å². The molecule has 2 heteroatoms. The van der Waals surface area contributed by atoms with Crippen LogP contribution in [0.2, 0.25) is 0 Å². The molecule has 0 saturated heterocycles. The van der Waals surface area contributed by atoms with Crippen LogP contribution >= 0.6 is 0 Å². The predicted molar refractivity (Wildman–Crippen MR) is 57.6 cm³/mol. The molecule has 2 N–H and O–H groups in total. The van der Waals surface area contributed by atoms with E-state index < -0.39 is 0 Å². The van der Waals surface area contributed by atoms with Gasteiger partial charge in [-0.1, -0.05) is 12.8 Å². The molecule has 0 heterocycles. The van der Waals surface area contributed by atoms with Gasteiger partial charge in [0, 0.05) is 24.8 Å².